The number of hydrogen-bond donors (Lipinski definition) is 0. The molecular formula is C14H11NO2S2. The lowest BCUT2D eigenvalue weighted by atomic mass is 10.2. The van der Waals surface area contributed by atoms with E-state index in [-0.39, 0.29) is 10.1 Å². The van der Waals surface area contributed by atoms with Crippen LogP contribution in [0.1, 0.15) is 5.56 Å². The van der Waals surface area contributed by atoms with Crippen LogP contribution in [0.5, 0.6) is 0 Å². The lowest BCUT2D eigenvalue weighted by Crippen LogP contribution is -2.04. The van der Waals surface area contributed by atoms with Crippen LogP contribution in [0.4, 0.5) is 0 Å². The van der Waals surface area contributed by atoms with Gasteiger partial charge < -0.3 is 0 Å². The first kappa shape index (κ1) is 12.3. The Labute approximate surface area is 115 Å². The van der Waals surface area contributed by atoms with E-state index in [4.69, 9.17) is 0 Å². The average Bonchev–Trinajstić information content (AvgIpc) is 2.84. The van der Waals surface area contributed by atoms with Crippen LogP contribution in [-0.4, -0.2) is 13.4 Å². The number of para-hydroxylation sites is 1. The zero-order chi connectivity index (χ0) is 13.3. The van der Waals surface area contributed by atoms with Crippen molar-refractivity contribution in [1.82, 2.24) is 4.98 Å². The number of rotatable bonds is 3. The van der Waals surface area contributed by atoms with Gasteiger partial charge in [0.15, 0.2) is 0 Å². The molecule has 0 bridgehead atoms. The van der Waals surface area contributed by atoms with Gasteiger partial charge in [0, 0.05) is 0 Å². The molecule has 0 aliphatic heterocycles. The average molecular weight is 289 g/mol. The van der Waals surface area contributed by atoms with Crippen LogP contribution in [0.25, 0.3) is 10.2 Å². The van der Waals surface area contributed by atoms with Crippen LogP contribution in [0.15, 0.2) is 58.9 Å². The second-order valence-corrected chi connectivity index (χ2v) is 7.39. The van der Waals surface area contributed by atoms with Gasteiger partial charge >= 0.3 is 0 Å². The van der Waals surface area contributed by atoms with Gasteiger partial charge in [-0.2, -0.15) is 0 Å². The lowest BCUT2D eigenvalue weighted by molar-refractivity contribution is 0.594. The van der Waals surface area contributed by atoms with Crippen molar-refractivity contribution in [2.24, 2.45) is 0 Å². The molecule has 0 aliphatic carbocycles. The summed E-state index contributed by atoms with van der Waals surface area (Å²) >= 11 is 1.22. The summed E-state index contributed by atoms with van der Waals surface area (Å²) in [4.78, 5) is 4.21. The van der Waals surface area contributed by atoms with Crippen molar-refractivity contribution in [3.63, 3.8) is 0 Å². The highest BCUT2D eigenvalue weighted by Gasteiger charge is 2.20. The van der Waals surface area contributed by atoms with E-state index in [1.165, 1.54) is 11.3 Å². The molecule has 5 heteroatoms. The molecule has 3 nitrogen and oxygen atoms in total. The fourth-order valence-electron chi connectivity index (χ4n) is 1.84. The molecule has 0 fully saturated rings. The Morgan fingerprint density at radius 1 is 0.947 bits per heavy atom. The van der Waals surface area contributed by atoms with E-state index in [1.54, 1.807) is 0 Å². The summed E-state index contributed by atoms with van der Waals surface area (Å²) in [5.41, 5.74) is 1.51. The molecule has 0 amide bonds. The van der Waals surface area contributed by atoms with E-state index in [2.05, 4.69) is 4.98 Å². The molecule has 0 N–H and O–H groups in total. The zero-order valence-corrected chi connectivity index (χ0v) is 11.6. The minimum absolute atomic E-state index is 0.00629. The molecule has 0 radical (unpaired) electrons. The maximum atomic E-state index is 12.3. The fourth-order valence-corrected chi connectivity index (χ4v) is 4.48. The first-order chi connectivity index (χ1) is 9.15. The molecule has 0 atom stereocenters. The zero-order valence-electron chi connectivity index (χ0n) is 9.98. The first-order valence-electron chi connectivity index (χ1n) is 5.77. The van der Waals surface area contributed by atoms with Crippen molar-refractivity contribution in [2.45, 2.75) is 10.1 Å². The molecule has 0 unspecified atom stereocenters. The van der Waals surface area contributed by atoms with E-state index in [0.29, 0.717) is 0 Å². The van der Waals surface area contributed by atoms with Crippen molar-refractivity contribution in [2.75, 3.05) is 0 Å². The van der Waals surface area contributed by atoms with E-state index < -0.39 is 9.84 Å². The van der Waals surface area contributed by atoms with Crippen molar-refractivity contribution in [3.8, 4) is 0 Å². The summed E-state index contributed by atoms with van der Waals surface area (Å²) in [5, 5.41) is 0. The number of thiazole rings is 1. The molecule has 0 saturated carbocycles. The minimum Gasteiger partial charge on any atom is -0.225 e. The summed E-state index contributed by atoms with van der Waals surface area (Å²) in [6, 6.07) is 16.6. The van der Waals surface area contributed by atoms with Crippen LogP contribution >= 0.6 is 11.3 Å². The van der Waals surface area contributed by atoms with Gasteiger partial charge in [0.05, 0.1) is 16.0 Å². The van der Waals surface area contributed by atoms with Gasteiger partial charge in [-0.25, -0.2) is 13.4 Å². The summed E-state index contributed by atoms with van der Waals surface area (Å²) in [6.45, 7) is 0. The van der Waals surface area contributed by atoms with Crippen LogP contribution < -0.4 is 0 Å². The van der Waals surface area contributed by atoms with E-state index in [9.17, 15) is 8.42 Å². The number of sulfone groups is 1. The molecule has 3 rings (SSSR count). The molecule has 96 valence electrons. The van der Waals surface area contributed by atoms with Gasteiger partial charge in [-0.1, -0.05) is 42.5 Å². The lowest BCUT2D eigenvalue weighted by Gasteiger charge is -2.00. The normalized spacial score (nSPS) is 11.8. The third-order valence-corrected chi connectivity index (χ3v) is 5.92. The van der Waals surface area contributed by atoms with Gasteiger partial charge in [0.2, 0.25) is 14.2 Å². The molecule has 1 heterocycles. The third kappa shape index (κ3) is 2.52. The van der Waals surface area contributed by atoms with E-state index in [1.807, 2.05) is 54.6 Å². The summed E-state index contributed by atoms with van der Waals surface area (Å²) in [5.74, 6) is -0.00629. The number of benzene rings is 2. The smallest absolute Gasteiger partial charge is 0.210 e. The Balaban J connectivity index is 2.00. The highest BCUT2D eigenvalue weighted by molar-refractivity contribution is 7.92. The Morgan fingerprint density at radius 2 is 1.63 bits per heavy atom. The molecular weight excluding hydrogens is 278 g/mol. The summed E-state index contributed by atoms with van der Waals surface area (Å²) in [6.07, 6.45) is 0. The molecule has 0 spiro atoms. The third-order valence-electron chi connectivity index (χ3n) is 2.74. The maximum Gasteiger partial charge on any atom is 0.210 e. The SMILES string of the molecule is O=S(=O)(Cc1ccccc1)c1nc2ccccc2s1. The highest BCUT2D eigenvalue weighted by Crippen LogP contribution is 2.27. The van der Waals surface area contributed by atoms with Crippen LogP contribution in [-0.2, 0) is 15.6 Å². The molecule has 3 aromatic rings. The number of fused-ring (bicyclic) bond motifs is 1. The number of hydrogen-bond acceptors (Lipinski definition) is 4. The molecule has 1 aromatic heterocycles. The monoisotopic (exact) mass is 289 g/mol. The predicted octanol–water partition coefficient (Wildman–Crippen LogP) is 3.27. The molecule has 0 saturated heterocycles. The minimum atomic E-state index is -3.37. The molecule has 2 aromatic carbocycles. The van der Waals surface area contributed by atoms with Crippen molar-refractivity contribution in [3.05, 3.63) is 60.2 Å². The first-order valence-corrected chi connectivity index (χ1v) is 8.24. The highest BCUT2D eigenvalue weighted by atomic mass is 32.2. The molecule has 0 aliphatic rings. The van der Waals surface area contributed by atoms with Gasteiger partial charge in [0.1, 0.15) is 0 Å². The molecule has 19 heavy (non-hydrogen) atoms. The summed E-state index contributed by atoms with van der Waals surface area (Å²) < 4.78 is 25.7. The van der Waals surface area contributed by atoms with Crippen LogP contribution in [0, 0.1) is 0 Å². The van der Waals surface area contributed by atoms with Crippen LogP contribution in [0.2, 0.25) is 0 Å². The number of aromatic nitrogens is 1. The van der Waals surface area contributed by atoms with E-state index >= 15 is 0 Å². The topological polar surface area (TPSA) is 47.0 Å². The largest absolute Gasteiger partial charge is 0.225 e. The Kier molecular flexibility index (Phi) is 3.08. The summed E-state index contributed by atoms with van der Waals surface area (Å²) in [7, 11) is -3.37. The van der Waals surface area contributed by atoms with Crippen LogP contribution in [0.3, 0.4) is 0 Å². The fraction of sp³-hybridized carbons (Fsp3) is 0.0714. The van der Waals surface area contributed by atoms with Crippen molar-refractivity contribution >= 4 is 31.4 Å². The number of nitrogens with zero attached hydrogens (tertiary/aromatic N) is 1. The maximum absolute atomic E-state index is 12.3. The van der Waals surface area contributed by atoms with Gasteiger partial charge in [-0.05, 0) is 17.7 Å². The Hall–Kier alpha value is -1.72. The standard InChI is InChI=1S/C14H11NO2S2/c16-19(17,10-11-6-2-1-3-7-11)14-15-12-8-4-5-9-13(12)18-14/h1-9H,10H2. The van der Waals surface area contributed by atoms with Gasteiger partial charge in [-0.3, -0.25) is 0 Å². The Bertz CT molecular complexity index is 775. The predicted molar refractivity (Wildman–Crippen MR) is 77.0 cm³/mol. The second-order valence-electron chi connectivity index (χ2n) is 4.19. The quantitative estimate of drug-likeness (QED) is 0.743. The van der Waals surface area contributed by atoms with Crippen molar-refractivity contribution in [1.29, 1.82) is 0 Å². The van der Waals surface area contributed by atoms with Gasteiger partial charge in [0.25, 0.3) is 0 Å². The second kappa shape index (κ2) is 4.75. The van der Waals surface area contributed by atoms with E-state index in [0.717, 1.165) is 15.8 Å². The Morgan fingerprint density at radius 3 is 2.37 bits per heavy atom. The van der Waals surface area contributed by atoms with Crippen molar-refractivity contribution < 1.29 is 8.42 Å². The van der Waals surface area contributed by atoms with Gasteiger partial charge in [-0.15, -0.1) is 11.3 Å².